The highest BCUT2D eigenvalue weighted by molar-refractivity contribution is 5.84. The van der Waals surface area contributed by atoms with Crippen LogP contribution in [0, 0.1) is 17.5 Å². The van der Waals surface area contributed by atoms with Crippen molar-refractivity contribution < 1.29 is 17.6 Å². The first kappa shape index (κ1) is 28.7. The third-order valence-corrected chi connectivity index (χ3v) is 8.47. The molecule has 1 unspecified atom stereocenters. The molecule has 1 aromatic heterocycles. The highest BCUT2D eigenvalue weighted by Gasteiger charge is 2.38. The number of aliphatic imine (C=N–C) groups is 1. The molecule has 3 aliphatic heterocycles. The minimum Gasteiger partial charge on any atom is -0.458 e. The van der Waals surface area contributed by atoms with E-state index in [9.17, 15) is 13.6 Å². The van der Waals surface area contributed by atoms with E-state index in [1.165, 1.54) is 53.8 Å². The lowest BCUT2D eigenvalue weighted by atomic mass is 9.98. The second-order valence-corrected chi connectivity index (χ2v) is 11.3. The largest absolute Gasteiger partial charge is 0.458 e. The molecule has 230 valence electrons. The van der Waals surface area contributed by atoms with E-state index in [0.717, 1.165) is 26.2 Å². The van der Waals surface area contributed by atoms with Gasteiger partial charge in [-0.15, -0.1) is 0 Å². The lowest BCUT2D eigenvalue weighted by Gasteiger charge is -2.34. The van der Waals surface area contributed by atoms with Gasteiger partial charge in [-0.3, -0.25) is 20.2 Å². The summed E-state index contributed by atoms with van der Waals surface area (Å²) in [7, 11) is 2.04. The molecule has 0 aliphatic carbocycles. The lowest BCUT2D eigenvalue weighted by molar-refractivity contribution is 0.215. The summed E-state index contributed by atoms with van der Waals surface area (Å²) in [4.78, 5) is 22.3. The number of rotatable bonds is 5. The summed E-state index contributed by atoms with van der Waals surface area (Å²) >= 11 is 0. The maximum Gasteiger partial charge on any atom is 0.203 e. The van der Waals surface area contributed by atoms with Crippen LogP contribution in [-0.4, -0.2) is 54.5 Å². The van der Waals surface area contributed by atoms with Gasteiger partial charge < -0.3 is 14.2 Å². The number of anilines is 1. The number of halogens is 3. The van der Waals surface area contributed by atoms with E-state index in [2.05, 4.69) is 15.3 Å². The van der Waals surface area contributed by atoms with Gasteiger partial charge in [0.2, 0.25) is 5.43 Å². The smallest absolute Gasteiger partial charge is 0.203 e. The van der Waals surface area contributed by atoms with Gasteiger partial charge >= 0.3 is 0 Å². The second kappa shape index (κ2) is 11.1. The molecule has 4 heterocycles. The van der Waals surface area contributed by atoms with E-state index in [-0.39, 0.29) is 33.7 Å². The molecule has 4 aromatic rings. The number of nitrogens with one attached hydrogen (secondary N) is 1. The van der Waals surface area contributed by atoms with Crippen molar-refractivity contribution >= 4 is 28.7 Å². The molecule has 0 saturated carbocycles. The SMILES string of the molecule is CC(c1oc2cccc(F)c2c(=O)c1-c1cccc(F)c1)N1NC(c2ccc(N3CCN(C)CC3)c(F)c2)=C2C1=CN=CN2N. The summed E-state index contributed by atoms with van der Waals surface area (Å²) < 4.78 is 51.2. The van der Waals surface area contributed by atoms with Crippen LogP contribution in [0.5, 0.6) is 0 Å². The molecule has 45 heavy (non-hydrogen) atoms. The first-order valence-electron chi connectivity index (χ1n) is 14.5. The number of piperazine rings is 1. The van der Waals surface area contributed by atoms with Gasteiger partial charge in [-0.05, 0) is 55.9 Å². The molecule has 12 heteroatoms. The highest BCUT2D eigenvalue weighted by atomic mass is 19.1. The maximum atomic E-state index is 15.6. The van der Waals surface area contributed by atoms with Crippen molar-refractivity contribution in [1.29, 1.82) is 0 Å². The summed E-state index contributed by atoms with van der Waals surface area (Å²) in [6, 6.07) is 14.0. The van der Waals surface area contributed by atoms with E-state index in [0.29, 0.717) is 28.3 Å². The molecule has 9 nitrogen and oxygen atoms in total. The van der Waals surface area contributed by atoms with Crippen molar-refractivity contribution in [2.24, 2.45) is 10.8 Å². The van der Waals surface area contributed by atoms with Crippen LogP contribution >= 0.6 is 0 Å². The van der Waals surface area contributed by atoms with Crippen LogP contribution in [0.1, 0.15) is 24.3 Å². The quantitative estimate of drug-likeness (QED) is 0.306. The Balaban J connectivity index is 1.31. The minimum absolute atomic E-state index is 0.0171. The normalized spacial score (nSPS) is 17.6. The van der Waals surface area contributed by atoms with Gasteiger partial charge in [0.05, 0.1) is 23.1 Å². The molecule has 1 fully saturated rings. The number of fused-ring (bicyclic) bond motifs is 2. The van der Waals surface area contributed by atoms with Gasteiger partial charge in [0.15, 0.2) is 0 Å². The number of benzene rings is 3. The predicted molar refractivity (Wildman–Crippen MR) is 167 cm³/mol. The second-order valence-electron chi connectivity index (χ2n) is 11.3. The highest BCUT2D eigenvalue weighted by Crippen LogP contribution is 2.41. The van der Waals surface area contributed by atoms with Crippen LogP contribution in [0.4, 0.5) is 18.9 Å². The Bertz CT molecular complexity index is 1980. The molecular weight excluding hydrogens is 583 g/mol. The Morgan fingerprint density at radius 1 is 0.956 bits per heavy atom. The van der Waals surface area contributed by atoms with Crippen LogP contribution < -0.4 is 21.6 Å². The molecule has 3 aromatic carbocycles. The minimum atomic E-state index is -0.742. The van der Waals surface area contributed by atoms with E-state index in [1.807, 2.05) is 18.0 Å². The molecule has 7 rings (SSSR count). The number of nitrogens with zero attached hydrogens (tertiary/aromatic N) is 5. The van der Waals surface area contributed by atoms with Gasteiger partial charge in [0.1, 0.15) is 58.0 Å². The molecule has 0 radical (unpaired) electrons. The van der Waals surface area contributed by atoms with E-state index < -0.39 is 23.1 Å². The van der Waals surface area contributed by atoms with E-state index in [4.69, 9.17) is 10.3 Å². The zero-order chi connectivity index (χ0) is 31.4. The van der Waals surface area contributed by atoms with Crippen molar-refractivity contribution in [3.8, 4) is 11.1 Å². The average molecular weight is 614 g/mol. The number of hydrazine groups is 2. The summed E-state index contributed by atoms with van der Waals surface area (Å²) in [6.07, 6.45) is 3.02. The summed E-state index contributed by atoms with van der Waals surface area (Å²) in [5, 5.41) is 2.79. The van der Waals surface area contributed by atoms with Gasteiger partial charge in [-0.25, -0.2) is 24.0 Å². The van der Waals surface area contributed by atoms with Crippen LogP contribution in [0.15, 0.2) is 92.5 Å². The van der Waals surface area contributed by atoms with Gasteiger partial charge in [-0.1, -0.05) is 24.3 Å². The number of hydrogen-bond acceptors (Lipinski definition) is 9. The van der Waals surface area contributed by atoms with Crippen LogP contribution in [-0.2, 0) is 0 Å². The Hall–Kier alpha value is -5.07. The number of nitrogens with two attached hydrogens (primary N) is 1. The monoisotopic (exact) mass is 613 g/mol. The fourth-order valence-corrected chi connectivity index (χ4v) is 6.11. The van der Waals surface area contributed by atoms with Crippen molar-refractivity contribution in [1.82, 2.24) is 20.3 Å². The lowest BCUT2D eigenvalue weighted by Crippen LogP contribution is -2.44. The fraction of sp³-hybridized carbons (Fsp3) is 0.212. The number of likely N-dealkylation sites (N-methyl/N-ethyl adjacent to an activating group) is 1. The molecule has 1 atom stereocenters. The topological polar surface area (TPSA) is 93.6 Å². The fourth-order valence-electron chi connectivity index (χ4n) is 6.11. The van der Waals surface area contributed by atoms with E-state index >= 15 is 4.39 Å². The predicted octanol–water partition coefficient (Wildman–Crippen LogP) is 4.94. The van der Waals surface area contributed by atoms with Crippen molar-refractivity contribution in [3.63, 3.8) is 0 Å². The van der Waals surface area contributed by atoms with Crippen LogP contribution in [0.2, 0.25) is 0 Å². The van der Waals surface area contributed by atoms with E-state index in [1.54, 1.807) is 30.3 Å². The van der Waals surface area contributed by atoms with Crippen LogP contribution in [0.25, 0.3) is 27.8 Å². The van der Waals surface area contributed by atoms with Gasteiger partial charge in [0.25, 0.3) is 0 Å². The molecule has 0 bridgehead atoms. The summed E-state index contributed by atoms with van der Waals surface area (Å²) in [5.41, 5.74) is 5.61. The van der Waals surface area contributed by atoms with Crippen LogP contribution in [0.3, 0.4) is 0 Å². The average Bonchev–Trinajstić information content (AvgIpc) is 3.42. The Labute approximate surface area is 256 Å². The zero-order valence-electron chi connectivity index (χ0n) is 24.6. The summed E-state index contributed by atoms with van der Waals surface area (Å²) in [5.74, 6) is 4.84. The van der Waals surface area contributed by atoms with Crippen molar-refractivity contribution in [2.45, 2.75) is 13.0 Å². The molecule has 3 N–H and O–H groups in total. The zero-order valence-corrected chi connectivity index (χ0v) is 24.6. The molecule has 1 saturated heterocycles. The van der Waals surface area contributed by atoms with Gasteiger partial charge in [-0.2, -0.15) is 0 Å². The molecule has 0 spiro atoms. The standard InChI is InChI=1S/C33H30F3N7O2/c1-19(33-28(20-5-3-6-22(34)15-20)32(44)29-23(35)7-4-8-27(29)45-33)43-26-17-38-18-42(37)31(26)30(39-43)21-9-10-25(24(36)16-21)41-13-11-40(2)12-14-41/h3-10,15-19,39H,11-14,37H2,1-2H3. The Kier molecular flexibility index (Phi) is 7.10. The third-order valence-electron chi connectivity index (χ3n) is 8.47. The summed E-state index contributed by atoms with van der Waals surface area (Å²) in [6.45, 7) is 4.90. The maximum absolute atomic E-state index is 15.6. The van der Waals surface area contributed by atoms with Gasteiger partial charge in [0, 0.05) is 31.7 Å². The third kappa shape index (κ3) is 4.92. The van der Waals surface area contributed by atoms with Crippen molar-refractivity contribution in [3.05, 3.63) is 117 Å². The Morgan fingerprint density at radius 3 is 2.49 bits per heavy atom. The Morgan fingerprint density at radius 2 is 1.73 bits per heavy atom. The molecular formula is C33H30F3N7O2. The number of hydrogen-bond donors (Lipinski definition) is 2. The van der Waals surface area contributed by atoms with Crippen molar-refractivity contribution in [2.75, 3.05) is 38.1 Å². The first-order chi connectivity index (χ1) is 21.7. The first-order valence-corrected chi connectivity index (χ1v) is 14.5. The molecule has 3 aliphatic rings. The molecule has 0 amide bonds.